The Bertz CT molecular complexity index is 1550. The second-order valence-corrected chi connectivity index (χ2v) is 9.98. The number of likely N-dealkylation sites (N-methyl/N-ethyl adjacent to an activating group) is 1. The van der Waals surface area contributed by atoms with Crippen LogP contribution in [0.3, 0.4) is 0 Å². The SMILES string of the molecule is CCN1CCN(Cc2ccc(NC(=O)Nc3ccc(Oc4ccnc5[nH]cc(Cl)c45)cc3F)cc2C(F)(F)F)CC1. The summed E-state index contributed by atoms with van der Waals surface area (Å²) in [6, 6.07) is 8.12. The van der Waals surface area contributed by atoms with Crippen LogP contribution in [-0.4, -0.2) is 58.5 Å². The van der Waals surface area contributed by atoms with Crippen molar-refractivity contribution in [2.24, 2.45) is 0 Å². The molecule has 5 rings (SSSR count). The average molecular weight is 591 g/mol. The third-order valence-corrected chi connectivity index (χ3v) is 7.18. The Hall–Kier alpha value is -3.87. The fraction of sp³-hybridized carbons (Fsp3) is 0.286. The number of fused-ring (bicyclic) bond motifs is 1. The molecule has 0 aliphatic carbocycles. The van der Waals surface area contributed by atoms with Crippen LogP contribution >= 0.6 is 11.6 Å². The number of amides is 2. The van der Waals surface area contributed by atoms with Gasteiger partial charge in [-0.1, -0.05) is 24.6 Å². The smallest absolute Gasteiger partial charge is 0.416 e. The number of aromatic nitrogens is 2. The highest BCUT2D eigenvalue weighted by Gasteiger charge is 2.34. The summed E-state index contributed by atoms with van der Waals surface area (Å²) in [6.45, 7) is 6.07. The zero-order valence-electron chi connectivity index (χ0n) is 22.0. The summed E-state index contributed by atoms with van der Waals surface area (Å²) in [4.78, 5) is 23.8. The van der Waals surface area contributed by atoms with Gasteiger partial charge in [0, 0.05) is 56.9 Å². The van der Waals surface area contributed by atoms with Crippen LogP contribution < -0.4 is 15.4 Å². The van der Waals surface area contributed by atoms with E-state index in [-0.39, 0.29) is 29.2 Å². The van der Waals surface area contributed by atoms with Gasteiger partial charge < -0.3 is 25.3 Å². The number of nitrogens with one attached hydrogen (secondary N) is 3. The van der Waals surface area contributed by atoms with Gasteiger partial charge in [-0.05, 0) is 42.4 Å². The fourth-order valence-corrected chi connectivity index (χ4v) is 4.94. The van der Waals surface area contributed by atoms with Gasteiger partial charge in [0.1, 0.15) is 23.0 Å². The number of rotatable bonds is 7. The molecule has 0 spiro atoms. The number of piperazine rings is 1. The van der Waals surface area contributed by atoms with Gasteiger partial charge in [0.25, 0.3) is 0 Å². The number of benzene rings is 2. The third-order valence-electron chi connectivity index (χ3n) is 6.88. The lowest BCUT2D eigenvalue weighted by molar-refractivity contribution is -0.138. The van der Waals surface area contributed by atoms with Crippen LogP contribution in [0.1, 0.15) is 18.1 Å². The van der Waals surface area contributed by atoms with E-state index in [0.717, 1.165) is 31.8 Å². The van der Waals surface area contributed by atoms with Crippen molar-refractivity contribution in [1.29, 1.82) is 0 Å². The molecule has 0 atom stereocenters. The Kier molecular flexibility index (Phi) is 8.34. The van der Waals surface area contributed by atoms with Crippen LogP contribution in [-0.2, 0) is 12.7 Å². The Morgan fingerprint density at radius 1 is 1.07 bits per heavy atom. The summed E-state index contributed by atoms with van der Waals surface area (Å²) in [5.41, 5.74) is -0.455. The summed E-state index contributed by atoms with van der Waals surface area (Å²) >= 11 is 6.18. The topological polar surface area (TPSA) is 85.5 Å². The van der Waals surface area contributed by atoms with Gasteiger partial charge in [0.15, 0.2) is 0 Å². The second kappa shape index (κ2) is 11.9. The van der Waals surface area contributed by atoms with Crippen molar-refractivity contribution < 1.29 is 27.1 Å². The number of aromatic amines is 1. The van der Waals surface area contributed by atoms with Crippen molar-refractivity contribution in [3.05, 3.63) is 76.8 Å². The van der Waals surface area contributed by atoms with E-state index in [9.17, 15) is 22.4 Å². The average Bonchev–Trinajstić information content (AvgIpc) is 3.32. The van der Waals surface area contributed by atoms with Crippen molar-refractivity contribution in [1.82, 2.24) is 19.8 Å². The number of alkyl halides is 3. The number of carbonyl (C=O) groups is 1. The van der Waals surface area contributed by atoms with Crippen LogP contribution in [0.4, 0.5) is 33.7 Å². The number of hydrogen-bond acceptors (Lipinski definition) is 5. The van der Waals surface area contributed by atoms with Gasteiger partial charge in [0.05, 0.1) is 21.7 Å². The van der Waals surface area contributed by atoms with E-state index >= 15 is 0 Å². The van der Waals surface area contributed by atoms with Crippen molar-refractivity contribution >= 4 is 40.0 Å². The number of halogens is 5. The molecule has 0 bridgehead atoms. The number of H-pyrrole nitrogens is 1. The van der Waals surface area contributed by atoms with Gasteiger partial charge in [-0.15, -0.1) is 0 Å². The Morgan fingerprint density at radius 2 is 1.83 bits per heavy atom. The quantitative estimate of drug-likeness (QED) is 0.203. The van der Waals surface area contributed by atoms with Gasteiger partial charge in [-0.2, -0.15) is 13.2 Å². The minimum absolute atomic E-state index is 0.0696. The zero-order chi connectivity index (χ0) is 29.1. The first-order valence-electron chi connectivity index (χ1n) is 12.9. The fourth-order valence-electron chi connectivity index (χ4n) is 4.71. The molecular weight excluding hydrogens is 564 g/mol. The molecule has 0 saturated carbocycles. The minimum atomic E-state index is -4.61. The van der Waals surface area contributed by atoms with Gasteiger partial charge in [-0.25, -0.2) is 14.2 Å². The highest BCUT2D eigenvalue weighted by atomic mass is 35.5. The molecule has 216 valence electrons. The summed E-state index contributed by atoms with van der Waals surface area (Å²) in [6.07, 6.45) is -1.55. The molecule has 8 nitrogen and oxygen atoms in total. The van der Waals surface area contributed by atoms with Crippen LogP contribution in [0.2, 0.25) is 5.02 Å². The molecular formula is C28H27ClF4N6O2. The lowest BCUT2D eigenvalue weighted by Gasteiger charge is -2.34. The van der Waals surface area contributed by atoms with Crippen molar-refractivity contribution in [3.8, 4) is 11.5 Å². The van der Waals surface area contributed by atoms with E-state index in [4.69, 9.17) is 16.3 Å². The van der Waals surface area contributed by atoms with Crippen LogP contribution in [0.15, 0.2) is 54.9 Å². The summed E-state index contributed by atoms with van der Waals surface area (Å²) < 4.78 is 62.2. The number of hydrogen-bond donors (Lipinski definition) is 3. The third kappa shape index (κ3) is 6.72. The van der Waals surface area contributed by atoms with E-state index in [1.54, 1.807) is 12.3 Å². The van der Waals surface area contributed by atoms with E-state index in [0.29, 0.717) is 34.9 Å². The second-order valence-electron chi connectivity index (χ2n) is 9.57. The molecule has 2 aromatic heterocycles. The maximum Gasteiger partial charge on any atom is 0.416 e. The normalized spacial score (nSPS) is 14.8. The molecule has 1 aliphatic heterocycles. The van der Waals surface area contributed by atoms with Crippen molar-refractivity contribution in [2.75, 3.05) is 43.4 Å². The van der Waals surface area contributed by atoms with Crippen LogP contribution in [0.25, 0.3) is 11.0 Å². The van der Waals surface area contributed by atoms with Gasteiger partial charge in [0.2, 0.25) is 0 Å². The molecule has 2 amide bonds. The molecule has 2 aromatic carbocycles. The predicted molar refractivity (Wildman–Crippen MR) is 149 cm³/mol. The number of nitrogens with zero attached hydrogens (tertiary/aromatic N) is 3. The van der Waals surface area contributed by atoms with E-state index in [1.807, 2.05) is 4.90 Å². The molecule has 0 unspecified atom stereocenters. The molecule has 3 N–H and O–H groups in total. The highest BCUT2D eigenvalue weighted by molar-refractivity contribution is 6.36. The number of carbonyl (C=O) groups excluding carboxylic acids is 1. The van der Waals surface area contributed by atoms with Crippen LogP contribution in [0, 0.1) is 5.82 Å². The number of urea groups is 1. The molecule has 4 aromatic rings. The molecule has 0 radical (unpaired) electrons. The standard InChI is InChI=1S/C28H27ClF4N6O2/c1-2-38-9-11-39(12-10-38)16-17-3-4-18(13-20(17)28(31,32)33)36-27(40)37-23-6-5-19(14-22(23)30)41-24-7-8-34-26-25(24)21(29)15-35-26/h3-8,13-15H,2,9-12,16H2,1H3,(H,34,35)(H2,36,37,40). The van der Waals surface area contributed by atoms with Crippen molar-refractivity contribution in [3.63, 3.8) is 0 Å². The number of anilines is 2. The first-order chi connectivity index (χ1) is 19.6. The molecule has 3 heterocycles. The first-order valence-corrected chi connectivity index (χ1v) is 13.3. The number of pyridine rings is 1. The first kappa shape index (κ1) is 28.7. The van der Waals surface area contributed by atoms with E-state index < -0.39 is 23.6 Å². The Morgan fingerprint density at radius 3 is 2.54 bits per heavy atom. The molecule has 1 saturated heterocycles. The Labute approximate surface area is 238 Å². The highest BCUT2D eigenvalue weighted by Crippen LogP contribution is 2.36. The molecule has 1 fully saturated rings. The van der Waals surface area contributed by atoms with E-state index in [2.05, 4.69) is 32.4 Å². The lowest BCUT2D eigenvalue weighted by Crippen LogP contribution is -2.45. The predicted octanol–water partition coefficient (Wildman–Crippen LogP) is 6.95. The van der Waals surface area contributed by atoms with Crippen LogP contribution in [0.5, 0.6) is 11.5 Å². The van der Waals surface area contributed by atoms with E-state index in [1.165, 1.54) is 30.5 Å². The lowest BCUT2D eigenvalue weighted by atomic mass is 10.0. The maximum atomic E-state index is 14.8. The summed E-state index contributed by atoms with van der Waals surface area (Å²) in [7, 11) is 0. The van der Waals surface area contributed by atoms with Gasteiger partial charge in [-0.3, -0.25) is 4.90 Å². The minimum Gasteiger partial charge on any atom is -0.456 e. The summed E-state index contributed by atoms with van der Waals surface area (Å²) in [5.74, 6) is -0.316. The van der Waals surface area contributed by atoms with Crippen molar-refractivity contribution in [2.45, 2.75) is 19.6 Å². The van der Waals surface area contributed by atoms with Gasteiger partial charge >= 0.3 is 12.2 Å². The molecule has 41 heavy (non-hydrogen) atoms. The zero-order valence-corrected chi connectivity index (χ0v) is 22.7. The maximum absolute atomic E-state index is 14.8. The molecule has 13 heteroatoms. The molecule has 1 aliphatic rings. The largest absolute Gasteiger partial charge is 0.456 e. The number of ether oxygens (including phenoxy) is 1. The Balaban J connectivity index is 1.25. The summed E-state index contributed by atoms with van der Waals surface area (Å²) in [5, 5.41) is 5.59. The monoisotopic (exact) mass is 590 g/mol.